The van der Waals surface area contributed by atoms with Gasteiger partial charge in [-0.25, -0.2) is 4.79 Å². The van der Waals surface area contributed by atoms with E-state index in [0.717, 1.165) is 5.56 Å². The summed E-state index contributed by atoms with van der Waals surface area (Å²) in [5.41, 5.74) is 7.71. The third-order valence-electron chi connectivity index (χ3n) is 20.1. The summed E-state index contributed by atoms with van der Waals surface area (Å²) in [6, 6.07) is 32.9. The molecule has 0 saturated carbocycles. The van der Waals surface area contributed by atoms with Crippen LogP contribution in [0.25, 0.3) is 11.1 Å². The second-order valence-electron chi connectivity index (χ2n) is 28.3. The number of nitrogens with one attached hydrogen (secondary N) is 2. The van der Waals surface area contributed by atoms with Gasteiger partial charge in [0.25, 0.3) is 0 Å². The molecule has 2 aliphatic carbocycles. The average molecular weight is 1500 g/mol. The van der Waals surface area contributed by atoms with E-state index >= 15 is 0 Å². The number of carbonyl (C=O) groups is 8. The second kappa shape index (κ2) is 39.6. The number of carbonyl (C=O) groups excluding carboxylic acids is 8. The Morgan fingerprint density at radius 3 is 2.08 bits per heavy atom. The number of amides is 3. The topological polar surface area (TPSA) is 345 Å². The van der Waals surface area contributed by atoms with Gasteiger partial charge in [0.2, 0.25) is 18.6 Å². The van der Waals surface area contributed by atoms with E-state index in [1.54, 1.807) is 38.1 Å². The maximum absolute atomic E-state index is 13.8. The number of esters is 2. The Labute approximate surface area is 628 Å². The molecule has 5 aromatic rings. The van der Waals surface area contributed by atoms with Gasteiger partial charge in [-0.1, -0.05) is 107 Å². The summed E-state index contributed by atoms with van der Waals surface area (Å²) in [5, 5.41) is 38.2. The van der Waals surface area contributed by atoms with E-state index in [9.17, 15) is 53.7 Å². The van der Waals surface area contributed by atoms with Gasteiger partial charge < -0.3 is 92.4 Å². The van der Waals surface area contributed by atoms with Crippen LogP contribution < -0.4 is 29.6 Å². The number of benzene rings is 5. The monoisotopic (exact) mass is 1500 g/mol. The zero-order valence-electron chi connectivity index (χ0n) is 62.3. The maximum Gasteiger partial charge on any atom is 0.415 e. The van der Waals surface area contributed by atoms with Gasteiger partial charge in [0.15, 0.2) is 41.4 Å². The molecule has 11 rings (SSSR count). The summed E-state index contributed by atoms with van der Waals surface area (Å²) in [5.74, 6) is -3.06. The van der Waals surface area contributed by atoms with Crippen molar-refractivity contribution in [2.45, 2.75) is 148 Å². The normalized spacial score (nSPS) is 22.0. The lowest BCUT2D eigenvalue weighted by atomic mass is 9.66. The molecule has 0 bridgehead atoms. The number of hydrogen-bond donors (Lipinski definition) is 5. The predicted molar refractivity (Wildman–Crippen MR) is 389 cm³/mol. The van der Waals surface area contributed by atoms with Crippen LogP contribution in [0.5, 0.6) is 23.0 Å². The standard InChI is InChI=1S/C42H55N3O16.C39H46O8/c1-19(2)9-20(3)39(50)44-14-31(47)43-7-8-45(5)42(52)61-36-23(15-46)10-22(11-29(36)53-6)32-24-12-27-28(57-18-56-27)13-25(24)37(26-16-55-40(51)33(26)32)60-41-35(49)34(48)38-30(59-41)17-54-21(4)58-38;1-2-38(42)30(25-29-11-4-3-5-12-29)26-31(40)18-19-32(41)27-46-24-23-45-22-21-44-20-10-17-39(43)47-28-37-35-15-8-6-13-33(35)34-14-7-9-16-36(34)37/h10-13,19-21,26,30,32-35,37-38,41,46,48-49H,7-9,14-18H2,1-6H3,(H,43,47)(H,44,50);3-9,11-16,30,37H,2,10,17-28H2,1H3/t20?,21?,26-,30?,32+,33-,34?,35?,37+,38?,41?;/m0./s1. The van der Waals surface area contributed by atoms with Crippen molar-refractivity contribution in [1.82, 2.24) is 15.5 Å². The number of aliphatic hydroxyl groups excluding tert-OH is 3. The Balaban J connectivity index is 0.000000239. The third-order valence-corrected chi connectivity index (χ3v) is 20.1. The number of nitrogens with zero attached hydrogens (tertiary/aromatic N) is 1. The van der Waals surface area contributed by atoms with Crippen LogP contribution in [0, 0.1) is 29.6 Å². The first-order chi connectivity index (χ1) is 52.1. The van der Waals surface area contributed by atoms with Gasteiger partial charge in [-0.3, -0.25) is 33.6 Å². The molecular weight excluding hydrogens is 1400 g/mol. The van der Waals surface area contributed by atoms with Gasteiger partial charge >= 0.3 is 18.0 Å². The fourth-order valence-corrected chi connectivity index (χ4v) is 14.6. The minimum Gasteiger partial charge on any atom is -0.493 e. The molecule has 3 saturated heterocycles. The molecular formula is C81H101N3O24. The van der Waals surface area contributed by atoms with Crippen molar-refractivity contribution in [3.8, 4) is 34.1 Å². The Kier molecular flexibility index (Phi) is 30.0. The molecule has 108 heavy (non-hydrogen) atoms. The second-order valence-corrected chi connectivity index (χ2v) is 28.3. The molecule has 0 spiro atoms. The van der Waals surface area contributed by atoms with Crippen molar-refractivity contribution in [3.63, 3.8) is 0 Å². The Morgan fingerprint density at radius 1 is 0.731 bits per heavy atom. The largest absolute Gasteiger partial charge is 0.493 e. The number of fused-ring (bicyclic) bond motifs is 7. The average Bonchev–Trinajstić information content (AvgIpc) is 1.39. The molecule has 5 N–H and O–H groups in total. The van der Waals surface area contributed by atoms with Crippen LogP contribution in [0.15, 0.2) is 103 Å². The van der Waals surface area contributed by atoms with E-state index in [1.165, 1.54) is 41.3 Å². The summed E-state index contributed by atoms with van der Waals surface area (Å²) in [6.07, 6.45) is -5.27. The third kappa shape index (κ3) is 21.2. The minimum absolute atomic E-state index is 0.0407. The van der Waals surface area contributed by atoms with Crippen LogP contribution in [0.4, 0.5) is 4.79 Å². The smallest absolute Gasteiger partial charge is 0.415 e. The van der Waals surface area contributed by atoms with E-state index in [-0.39, 0.29) is 143 Å². The lowest BCUT2D eigenvalue weighted by Gasteiger charge is -2.47. The van der Waals surface area contributed by atoms with Crippen molar-refractivity contribution in [2.75, 3.05) is 100 Å². The number of methoxy groups -OCH3 is 1. The highest BCUT2D eigenvalue weighted by molar-refractivity contribution is 5.91. The molecule has 4 heterocycles. The molecule has 27 heteroatoms. The SMILES string of the molecule is CCC(=O)C(CC(=O)CCC(=O)COCCOCCOCCCC(=O)OCC1c2ccccc2-c2ccccc21)Cc1ccccc1.COc1cc([C@@H]2c3cc4c(cc3[C@@H](OC3OC5COC(C)OC5C(O)C3O)[C@H]3COC(=O)[C@H]23)OCO4)cc(CO)c1OC(=O)N(C)CCNC(=O)CNC(=O)C(C)CC(C)C. The molecule has 5 aromatic carbocycles. The van der Waals surface area contributed by atoms with Crippen LogP contribution in [0.3, 0.4) is 0 Å². The van der Waals surface area contributed by atoms with Crippen LogP contribution in [-0.2, 0) is 89.2 Å². The van der Waals surface area contributed by atoms with Crippen molar-refractivity contribution in [3.05, 3.63) is 142 Å². The van der Waals surface area contributed by atoms with Crippen LogP contribution in [-0.4, -0.2) is 204 Å². The number of cyclic esters (lactones) is 1. The van der Waals surface area contributed by atoms with E-state index in [0.29, 0.717) is 92.8 Å². The van der Waals surface area contributed by atoms with Gasteiger partial charge in [0.1, 0.15) is 49.2 Å². The lowest BCUT2D eigenvalue weighted by molar-refractivity contribution is -0.364. The molecule has 3 amide bonds. The summed E-state index contributed by atoms with van der Waals surface area (Å²) < 4.78 is 74.7. The van der Waals surface area contributed by atoms with Crippen molar-refractivity contribution in [2.24, 2.45) is 29.6 Å². The maximum atomic E-state index is 13.8. The van der Waals surface area contributed by atoms with Crippen LogP contribution >= 0.6 is 0 Å². The Bertz CT molecular complexity index is 3830. The van der Waals surface area contributed by atoms with Crippen molar-refractivity contribution >= 4 is 47.2 Å². The molecule has 0 aromatic heterocycles. The quantitative estimate of drug-likeness (QED) is 0.0187. The van der Waals surface area contributed by atoms with Gasteiger partial charge in [-0.05, 0) is 101 Å². The Hall–Kier alpha value is -8.74. The number of hydrogen-bond acceptors (Lipinski definition) is 24. The number of likely N-dealkylation sites (N-methyl/N-ethyl adjacent to an activating group) is 1. The van der Waals surface area contributed by atoms with Crippen molar-refractivity contribution in [1.29, 1.82) is 0 Å². The van der Waals surface area contributed by atoms with Gasteiger partial charge in [-0.2, -0.15) is 0 Å². The number of Topliss-reactive ketones (excluding diaryl/α,β-unsaturated/α-hetero) is 3. The summed E-state index contributed by atoms with van der Waals surface area (Å²) in [7, 11) is 2.85. The van der Waals surface area contributed by atoms with Gasteiger partial charge in [-0.15, -0.1) is 0 Å². The summed E-state index contributed by atoms with van der Waals surface area (Å²) in [6.45, 7) is 10.7. The van der Waals surface area contributed by atoms with Gasteiger partial charge in [0.05, 0.1) is 71.9 Å². The highest BCUT2D eigenvalue weighted by Gasteiger charge is 2.56. The van der Waals surface area contributed by atoms with Crippen molar-refractivity contribution < 1.29 is 115 Å². The molecule has 584 valence electrons. The molecule has 0 radical (unpaired) electrons. The Morgan fingerprint density at radius 2 is 1.40 bits per heavy atom. The molecule has 27 nitrogen and oxygen atoms in total. The zero-order chi connectivity index (χ0) is 77.0. The first-order valence-corrected chi connectivity index (χ1v) is 37.1. The number of ketones is 3. The van der Waals surface area contributed by atoms with E-state index in [1.807, 2.05) is 75.4 Å². The molecule has 12 atom stereocenters. The molecule has 3 fully saturated rings. The van der Waals surface area contributed by atoms with Crippen LogP contribution in [0.2, 0.25) is 0 Å². The lowest BCUT2D eigenvalue weighted by Crippen LogP contribution is -2.63. The van der Waals surface area contributed by atoms with Crippen LogP contribution in [0.1, 0.15) is 136 Å². The van der Waals surface area contributed by atoms with Gasteiger partial charge in [0, 0.05) is 94.0 Å². The minimum atomic E-state index is -1.51. The summed E-state index contributed by atoms with van der Waals surface area (Å²) >= 11 is 0. The molecule has 8 unspecified atom stereocenters. The first-order valence-electron chi connectivity index (χ1n) is 37.1. The zero-order valence-corrected chi connectivity index (χ0v) is 62.3. The highest BCUT2D eigenvalue weighted by Crippen LogP contribution is 2.57. The predicted octanol–water partition coefficient (Wildman–Crippen LogP) is 7.78. The van der Waals surface area contributed by atoms with E-state index in [2.05, 4.69) is 34.9 Å². The number of rotatable bonds is 37. The van der Waals surface area contributed by atoms with E-state index in [4.69, 9.17) is 61.6 Å². The first kappa shape index (κ1) is 81.8. The number of aliphatic hydroxyl groups is 3. The molecule has 4 aliphatic heterocycles. The summed E-state index contributed by atoms with van der Waals surface area (Å²) in [4.78, 5) is 102. The fraction of sp³-hybridized carbons (Fsp3) is 0.531. The van der Waals surface area contributed by atoms with E-state index < -0.39 is 85.4 Å². The molecule has 6 aliphatic rings. The highest BCUT2D eigenvalue weighted by atomic mass is 16.8. The number of ether oxygens (including phenoxy) is 13. The fourth-order valence-electron chi connectivity index (χ4n) is 14.6.